The topological polar surface area (TPSA) is 43.3 Å². The Labute approximate surface area is 208 Å². The molecule has 4 aromatic carbocycles. The number of amides is 1. The minimum Gasteiger partial charge on any atom is -0.496 e. The van der Waals surface area contributed by atoms with E-state index in [1.54, 1.807) is 7.11 Å². The van der Waals surface area contributed by atoms with E-state index in [1.165, 1.54) is 0 Å². The van der Waals surface area contributed by atoms with Crippen LogP contribution in [0.3, 0.4) is 0 Å². The number of rotatable bonds is 4. The standard InChI is InChI=1S/C30H23ClN2O2/c1-18-14-26-23(16-27(18)35-2)24(29(31)33(26)17-19-8-4-3-5-9-19)15-25-22-13-12-20-10-6-7-11-21(20)28(22)32-30(25)34/h3-16H,17H2,1-2H3,(H,32,34)/b25-15+. The fourth-order valence-corrected chi connectivity index (χ4v) is 5.28. The maximum absolute atomic E-state index is 13.1. The predicted molar refractivity (Wildman–Crippen MR) is 144 cm³/mol. The van der Waals surface area contributed by atoms with Gasteiger partial charge in [-0.15, -0.1) is 0 Å². The van der Waals surface area contributed by atoms with E-state index in [1.807, 2.05) is 67.6 Å². The van der Waals surface area contributed by atoms with Gasteiger partial charge in [-0.05, 0) is 41.6 Å². The van der Waals surface area contributed by atoms with Gasteiger partial charge in [0.2, 0.25) is 0 Å². The molecule has 1 N–H and O–H groups in total. The van der Waals surface area contributed by atoms with Gasteiger partial charge in [0, 0.05) is 34.0 Å². The highest BCUT2D eigenvalue weighted by molar-refractivity contribution is 6.39. The van der Waals surface area contributed by atoms with Crippen molar-refractivity contribution < 1.29 is 9.53 Å². The van der Waals surface area contributed by atoms with Crippen LogP contribution in [-0.4, -0.2) is 17.6 Å². The summed E-state index contributed by atoms with van der Waals surface area (Å²) >= 11 is 7.04. The third kappa shape index (κ3) is 3.49. The number of ether oxygens (including phenoxy) is 1. The molecular weight excluding hydrogens is 456 g/mol. The van der Waals surface area contributed by atoms with Crippen molar-refractivity contribution in [3.63, 3.8) is 0 Å². The number of halogens is 1. The van der Waals surface area contributed by atoms with Crippen LogP contribution in [0.15, 0.2) is 78.9 Å². The van der Waals surface area contributed by atoms with Crippen LogP contribution in [0.5, 0.6) is 5.75 Å². The molecule has 0 bridgehead atoms. The molecule has 5 heteroatoms. The van der Waals surface area contributed by atoms with Crippen molar-refractivity contribution in [3.05, 3.63) is 106 Å². The van der Waals surface area contributed by atoms with Crippen LogP contribution in [0.4, 0.5) is 5.69 Å². The number of methoxy groups -OCH3 is 1. The molecule has 0 aliphatic carbocycles. The first kappa shape index (κ1) is 21.5. The summed E-state index contributed by atoms with van der Waals surface area (Å²) in [6.45, 7) is 2.65. The van der Waals surface area contributed by atoms with Gasteiger partial charge < -0.3 is 14.6 Å². The Balaban J connectivity index is 1.58. The van der Waals surface area contributed by atoms with Crippen LogP contribution in [0.2, 0.25) is 5.15 Å². The lowest BCUT2D eigenvalue weighted by atomic mass is 9.99. The molecule has 1 amide bonds. The molecule has 1 aliphatic heterocycles. The van der Waals surface area contributed by atoms with Crippen LogP contribution in [0, 0.1) is 6.92 Å². The van der Waals surface area contributed by atoms with Crippen molar-refractivity contribution in [1.29, 1.82) is 0 Å². The molecule has 0 saturated heterocycles. The molecule has 1 aliphatic rings. The van der Waals surface area contributed by atoms with E-state index in [9.17, 15) is 4.79 Å². The summed E-state index contributed by atoms with van der Waals surface area (Å²) in [7, 11) is 1.67. The zero-order valence-corrected chi connectivity index (χ0v) is 20.2. The summed E-state index contributed by atoms with van der Waals surface area (Å²) in [6.07, 6.45) is 1.91. The lowest BCUT2D eigenvalue weighted by Gasteiger charge is -2.09. The molecule has 6 rings (SSSR count). The van der Waals surface area contributed by atoms with Crippen LogP contribution in [0.1, 0.15) is 22.3 Å². The summed E-state index contributed by atoms with van der Waals surface area (Å²) in [6, 6.07) is 26.5. The van der Waals surface area contributed by atoms with Crippen molar-refractivity contribution in [1.82, 2.24) is 4.57 Å². The van der Waals surface area contributed by atoms with Crippen LogP contribution >= 0.6 is 11.6 Å². The smallest absolute Gasteiger partial charge is 0.256 e. The number of hydrogen-bond donors (Lipinski definition) is 1. The highest BCUT2D eigenvalue weighted by atomic mass is 35.5. The number of fused-ring (bicyclic) bond motifs is 4. The van der Waals surface area contributed by atoms with E-state index in [-0.39, 0.29) is 5.91 Å². The average Bonchev–Trinajstić information content (AvgIpc) is 3.33. The third-order valence-electron chi connectivity index (χ3n) is 6.73. The van der Waals surface area contributed by atoms with Crippen molar-refractivity contribution in [3.8, 4) is 5.75 Å². The van der Waals surface area contributed by atoms with Gasteiger partial charge in [0.1, 0.15) is 10.9 Å². The summed E-state index contributed by atoms with van der Waals surface area (Å²) < 4.78 is 7.72. The number of nitrogens with one attached hydrogen (secondary N) is 1. The van der Waals surface area contributed by atoms with Crippen molar-refractivity contribution in [2.75, 3.05) is 12.4 Å². The van der Waals surface area contributed by atoms with Crippen LogP contribution in [0.25, 0.3) is 33.3 Å². The number of hydrogen-bond acceptors (Lipinski definition) is 2. The first-order chi connectivity index (χ1) is 17.0. The Morgan fingerprint density at radius 1 is 0.971 bits per heavy atom. The summed E-state index contributed by atoms with van der Waals surface area (Å²) in [5.74, 6) is 0.656. The molecule has 0 atom stereocenters. The number of carbonyl (C=O) groups is 1. The Morgan fingerprint density at radius 3 is 2.54 bits per heavy atom. The van der Waals surface area contributed by atoms with Crippen LogP contribution < -0.4 is 10.1 Å². The molecule has 0 unspecified atom stereocenters. The average molecular weight is 479 g/mol. The largest absolute Gasteiger partial charge is 0.496 e. The quantitative estimate of drug-likeness (QED) is 0.275. The normalized spacial score (nSPS) is 14.0. The van der Waals surface area contributed by atoms with Gasteiger partial charge in [-0.1, -0.05) is 78.3 Å². The van der Waals surface area contributed by atoms with Crippen molar-refractivity contribution >= 4 is 56.5 Å². The van der Waals surface area contributed by atoms with Gasteiger partial charge >= 0.3 is 0 Å². The Bertz CT molecular complexity index is 1670. The van der Waals surface area contributed by atoms with Gasteiger partial charge in [0.25, 0.3) is 5.91 Å². The summed E-state index contributed by atoms with van der Waals surface area (Å²) in [5.41, 5.74) is 6.31. The number of aryl methyl sites for hydroxylation is 1. The van der Waals surface area contributed by atoms with Gasteiger partial charge in [0.15, 0.2) is 0 Å². The molecule has 0 spiro atoms. The Kier molecular flexibility index (Phi) is 5.12. The molecule has 4 nitrogen and oxygen atoms in total. The van der Waals surface area contributed by atoms with Crippen molar-refractivity contribution in [2.45, 2.75) is 13.5 Å². The molecule has 1 aromatic heterocycles. The maximum Gasteiger partial charge on any atom is 0.256 e. The van der Waals surface area contributed by atoms with E-state index in [2.05, 4.69) is 34.1 Å². The molecule has 5 aromatic rings. The molecule has 35 heavy (non-hydrogen) atoms. The Morgan fingerprint density at radius 2 is 1.74 bits per heavy atom. The maximum atomic E-state index is 13.1. The fourth-order valence-electron chi connectivity index (χ4n) is 4.97. The van der Waals surface area contributed by atoms with Gasteiger partial charge in [0.05, 0.1) is 18.3 Å². The molecule has 0 fully saturated rings. The van der Waals surface area contributed by atoms with E-state index >= 15 is 0 Å². The number of carbonyl (C=O) groups excluding carboxylic acids is 1. The molecular formula is C30H23ClN2O2. The second-order valence-electron chi connectivity index (χ2n) is 8.84. The first-order valence-electron chi connectivity index (χ1n) is 11.5. The lowest BCUT2D eigenvalue weighted by molar-refractivity contribution is -0.110. The fraction of sp³-hybridized carbons (Fsp3) is 0.100. The second kappa shape index (κ2) is 8.33. The zero-order valence-electron chi connectivity index (χ0n) is 19.4. The lowest BCUT2D eigenvalue weighted by Crippen LogP contribution is -2.04. The van der Waals surface area contributed by atoms with Gasteiger partial charge in [-0.2, -0.15) is 0 Å². The monoisotopic (exact) mass is 478 g/mol. The second-order valence-corrected chi connectivity index (χ2v) is 9.19. The third-order valence-corrected chi connectivity index (χ3v) is 7.14. The first-order valence-corrected chi connectivity index (χ1v) is 11.9. The Hall–Kier alpha value is -4.02. The van der Waals surface area contributed by atoms with Gasteiger partial charge in [-0.25, -0.2) is 0 Å². The number of anilines is 1. The number of aromatic nitrogens is 1. The van der Waals surface area contributed by atoms with E-state index in [0.29, 0.717) is 17.3 Å². The van der Waals surface area contributed by atoms with E-state index in [4.69, 9.17) is 16.3 Å². The summed E-state index contributed by atoms with van der Waals surface area (Å²) in [5, 5.41) is 6.72. The minimum atomic E-state index is -0.129. The highest BCUT2D eigenvalue weighted by Gasteiger charge is 2.27. The molecule has 2 heterocycles. The van der Waals surface area contributed by atoms with Crippen LogP contribution in [-0.2, 0) is 11.3 Å². The predicted octanol–water partition coefficient (Wildman–Crippen LogP) is 7.31. The number of benzene rings is 4. The van der Waals surface area contributed by atoms with E-state index < -0.39 is 0 Å². The molecule has 0 saturated carbocycles. The highest BCUT2D eigenvalue weighted by Crippen LogP contribution is 2.42. The summed E-state index contributed by atoms with van der Waals surface area (Å²) in [4.78, 5) is 13.1. The SMILES string of the molecule is COc1cc2c(/C=C3/C(=O)Nc4c3ccc3ccccc43)c(Cl)n(Cc3ccccc3)c2cc1C. The molecule has 0 radical (unpaired) electrons. The molecule has 172 valence electrons. The number of nitrogens with zero attached hydrogens (tertiary/aromatic N) is 1. The van der Waals surface area contributed by atoms with Crippen molar-refractivity contribution in [2.24, 2.45) is 0 Å². The minimum absolute atomic E-state index is 0.129. The van der Waals surface area contributed by atoms with Gasteiger partial charge in [-0.3, -0.25) is 4.79 Å². The van der Waals surface area contributed by atoms with E-state index in [0.717, 1.165) is 55.4 Å². The zero-order chi connectivity index (χ0) is 24.1.